The molecule has 0 saturated heterocycles. The van der Waals surface area contributed by atoms with Gasteiger partial charge < -0.3 is 4.74 Å². The van der Waals surface area contributed by atoms with Crippen LogP contribution in [0.25, 0.3) is 0 Å². The first-order valence-corrected chi connectivity index (χ1v) is 5.61. The van der Waals surface area contributed by atoms with Gasteiger partial charge >= 0.3 is 5.97 Å². The summed E-state index contributed by atoms with van der Waals surface area (Å²) in [7, 11) is 0. The number of hydrogen-bond donors (Lipinski definition) is 0. The second-order valence-corrected chi connectivity index (χ2v) is 3.97. The van der Waals surface area contributed by atoms with Gasteiger partial charge in [-0.15, -0.1) is 0 Å². The Hall–Kier alpha value is -0.180. The molecule has 1 radical (unpaired) electrons. The average Bonchev–Trinajstić information content (AvgIpc) is 2.19. The van der Waals surface area contributed by atoms with E-state index in [4.69, 9.17) is 4.74 Å². The van der Waals surface area contributed by atoms with Crippen LogP contribution in [0.5, 0.6) is 0 Å². The predicted octanol–water partition coefficient (Wildman–Crippen LogP) is 2.70. The molecule has 13 heavy (non-hydrogen) atoms. The molecule has 0 spiro atoms. The molecular weight excluding hydrogens is 184 g/mol. The highest BCUT2D eigenvalue weighted by Crippen LogP contribution is 2.28. The SMILES string of the molecule is CCC1CCC(OC(=O)C[S])CC1. The minimum absolute atomic E-state index is 0.0910. The van der Waals surface area contributed by atoms with Gasteiger partial charge in [0.25, 0.3) is 0 Å². The summed E-state index contributed by atoms with van der Waals surface area (Å²) < 4.78 is 5.19. The summed E-state index contributed by atoms with van der Waals surface area (Å²) >= 11 is 4.61. The Morgan fingerprint density at radius 2 is 2.00 bits per heavy atom. The van der Waals surface area contributed by atoms with E-state index in [0.717, 1.165) is 18.8 Å². The molecule has 0 unspecified atom stereocenters. The lowest BCUT2D eigenvalue weighted by Gasteiger charge is -2.27. The van der Waals surface area contributed by atoms with Crippen LogP contribution in [0.3, 0.4) is 0 Å². The Bertz CT molecular complexity index is 162. The number of carbonyl (C=O) groups excluding carboxylic acids is 1. The zero-order valence-corrected chi connectivity index (χ0v) is 8.94. The van der Waals surface area contributed by atoms with Crippen LogP contribution < -0.4 is 0 Å². The standard InChI is InChI=1S/C10H17O2S/c1-2-8-3-5-9(6-4-8)12-10(11)7-13/h8-9H,2-7H2,1H3. The van der Waals surface area contributed by atoms with Crippen LogP contribution in [0.1, 0.15) is 39.0 Å². The molecule has 0 N–H and O–H groups in total. The molecule has 1 saturated carbocycles. The summed E-state index contributed by atoms with van der Waals surface area (Å²) in [5.74, 6) is 0.710. The van der Waals surface area contributed by atoms with Crippen LogP contribution in [0.2, 0.25) is 0 Å². The van der Waals surface area contributed by atoms with Crippen LogP contribution in [0.15, 0.2) is 0 Å². The fraction of sp³-hybridized carbons (Fsp3) is 0.900. The van der Waals surface area contributed by atoms with E-state index in [9.17, 15) is 4.79 Å². The van der Waals surface area contributed by atoms with Crippen LogP contribution in [0, 0.1) is 5.92 Å². The first-order valence-electron chi connectivity index (χ1n) is 5.03. The average molecular weight is 201 g/mol. The maximum absolute atomic E-state index is 10.9. The summed E-state index contributed by atoms with van der Waals surface area (Å²) in [6.07, 6.45) is 5.86. The number of esters is 1. The fourth-order valence-electron chi connectivity index (χ4n) is 1.88. The molecule has 0 bridgehead atoms. The van der Waals surface area contributed by atoms with E-state index >= 15 is 0 Å². The lowest BCUT2D eigenvalue weighted by atomic mass is 9.86. The van der Waals surface area contributed by atoms with E-state index in [1.165, 1.54) is 19.3 Å². The Labute approximate surface area is 85.4 Å². The summed E-state index contributed by atoms with van der Waals surface area (Å²) in [4.78, 5) is 10.9. The summed E-state index contributed by atoms with van der Waals surface area (Å²) in [5.41, 5.74) is 0. The molecule has 0 aliphatic heterocycles. The maximum Gasteiger partial charge on any atom is 0.317 e. The van der Waals surface area contributed by atoms with Crippen LogP contribution in [0.4, 0.5) is 0 Å². The third-order valence-electron chi connectivity index (χ3n) is 2.79. The van der Waals surface area contributed by atoms with Gasteiger partial charge in [-0.3, -0.25) is 4.79 Å². The van der Waals surface area contributed by atoms with E-state index < -0.39 is 0 Å². The van der Waals surface area contributed by atoms with Crippen LogP contribution in [-0.4, -0.2) is 17.8 Å². The molecule has 0 atom stereocenters. The summed E-state index contributed by atoms with van der Waals surface area (Å²) in [6, 6.07) is 0. The van der Waals surface area contributed by atoms with Crippen LogP contribution >= 0.6 is 12.6 Å². The van der Waals surface area contributed by atoms with E-state index in [1.807, 2.05) is 0 Å². The van der Waals surface area contributed by atoms with E-state index in [0.29, 0.717) is 0 Å². The van der Waals surface area contributed by atoms with E-state index in [1.54, 1.807) is 0 Å². The minimum Gasteiger partial charge on any atom is -0.462 e. The van der Waals surface area contributed by atoms with E-state index in [2.05, 4.69) is 19.6 Å². The van der Waals surface area contributed by atoms with Crippen molar-refractivity contribution in [2.45, 2.75) is 45.1 Å². The Morgan fingerprint density at radius 1 is 1.38 bits per heavy atom. The Morgan fingerprint density at radius 3 is 2.46 bits per heavy atom. The number of ether oxygens (including phenoxy) is 1. The van der Waals surface area contributed by atoms with Gasteiger partial charge in [0.2, 0.25) is 0 Å². The predicted molar refractivity (Wildman–Crippen MR) is 54.6 cm³/mol. The number of rotatable bonds is 3. The minimum atomic E-state index is -0.227. The molecule has 0 amide bonds. The van der Waals surface area contributed by atoms with Crippen molar-refractivity contribution in [1.29, 1.82) is 0 Å². The second kappa shape index (κ2) is 5.53. The molecule has 0 aromatic carbocycles. The molecule has 3 heteroatoms. The highest BCUT2D eigenvalue weighted by atomic mass is 32.1. The monoisotopic (exact) mass is 201 g/mol. The quantitative estimate of drug-likeness (QED) is 0.656. The van der Waals surface area contributed by atoms with Crippen molar-refractivity contribution in [2.24, 2.45) is 5.92 Å². The topological polar surface area (TPSA) is 26.3 Å². The summed E-state index contributed by atoms with van der Waals surface area (Å²) in [6.45, 7) is 2.22. The van der Waals surface area contributed by atoms with Gasteiger partial charge in [-0.1, -0.05) is 26.0 Å². The van der Waals surface area contributed by atoms with Crippen molar-refractivity contribution in [3.63, 3.8) is 0 Å². The normalized spacial score (nSPS) is 28.5. The van der Waals surface area contributed by atoms with Gasteiger partial charge in [0.15, 0.2) is 0 Å². The highest BCUT2D eigenvalue weighted by molar-refractivity contribution is 7.81. The number of hydrogen-bond acceptors (Lipinski definition) is 2. The first kappa shape index (κ1) is 10.9. The van der Waals surface area contributed by atoms with Crippen LogP contribution in [-0.2, 0) is 9.53 Å². The molecular formula is C10H17O2S. The van der Waals surface area contributed by atoms with Crippen molar-refractivity contribution in [1.82, 2.24) is 0 Å². The second-order valence-electron chi connectivity index (χ2n) is 3.69. The molecule has 0 heterocycles. The Balaban J connectivity index is 2.21. The fourth-order valence-corrected chi connectivity index (χ4v) is 1.95. The molecule has 1 rings (SSSR count). The summed E-state index contributed by atoms with van der Waals surface area (Å²) in [5, 5.41) is 0. The van der Waals surface area contributed by atoms with E-state index in [-0.39, 0.29) is 17.8 Å². The highest BCUT2D eigenvalue weighted by Gasteiger charge is 2.22. The number of carbonyl (C=O) groups is 1. The van der Waals surface area contributed by atoms with Crippen molar-refractivity contribution >= 4 is 18.6 Å². The van der Waals surface area contributed by atoms with Gasteiger partial charge in [-0.2, -0.15) is 0 Å². The zero-order chi connectivity index (χ0) is 9.68. The molecule has 0 aromatic rings. The molecule has 1 fully saturated rings. The van der Waals surface area contributed by atoms with Gasteiger partial charge in [-0.05, 0) is 31.6 Å². The molecule has 75 valence electrons. The van der Waals surface area contributed by atoms with Gasteiger partial charge in [0.05, 0.1) is 0 Å². The van der Waals surface area contributed by atoms with Crippen molar-refractivity contribution < 1.29 is 9.53 Å². The molecule has 2 nitrogen and oxygen atoms in total. The lowest BCUT2D eigenvalue weighted by molar-refractivity contribution is -0.147. The van der Waals surface area contributed by atoms with Crippen molar-refractivity contribution in [3.8, 4) is 0 Å². The third-order valence-corrected chi connectivity index (χ3v) is 3.02. The Kier molecular flexibility index (Phi) is 4.64. The first-order chi connectivity index (χ1) is 6.26. The molecule has 1 aliphatic rings. The van der Waals surface area contributed by atoms with Crippen molar-refractivity contribution in [2.75, 3.05) is 5.75 Å². The zero-order valence-electron chi connectivity index (χ0n) is 8.12. The maximum atomic E-state index is 10.9. The van der Waals surface area contributed by atoms with Gasteiger partial charge in [0, 0.05) is 0 Å². The molecule has 0 aromatic heterocycles. The lowest BCUT2D eigenvalue weighted by Crippen LogP contribution is -2.24. The van der Waals surface area contributed by atoms with Crippen molar-refractivity contribution in [3.05, 3.63) is 0 Å². The van der Waals surface area contributed by atoms with Gasteiger partial charge in [-0.25, -0.2) is 0 Å². The smallest absolute Gasteiger partial charge is 0.317 e. The molecule has 1 aliphatic carbocycles. The third kappa shape index (κ3) is 3.59. The van der Waals surface area contributed by atoms with Gasteiger partial charge in [0.1, 0.15) is 11.9 Å². The largest absolute Gasteiger partial charge is 0.462 e.